The molecule has 0 amide bonds. The van der Waals surface area contributed by atoms with E-state index in [1.54, 1.807) is 0 Å². The molecule has 1 heterocycles. The first-order valence-electron chi connectivity index (χ1n) is 5.85. The van der Waals surface area contributed by atoms with Crippen molar-refractivity contribution in [3.05, 3.63) is 47.5 Å². The minimum atomic E-state index is -0.0494. The molecular formula is C13H15N3O. The van der Waals surface area contributed by atoms with Crippen LogP contribution in [-0.4, -0.2) is 19.9 Å². The average Bonchev–Trinajstić information content (AvgIpc) is 3.08. The number of aliphatic hydroxyl groups is 1. The Morgan fingerprint density at radius 3 is 2.65 bits per heavy atom. The molecule has 0 radical (unpaired) electrons. The fourth-order valence-electron chi connectivity index (χ4n) is 2.38. The van der Waals surface area contributed by atoms with E-state index >= 15 is 0 Å². The van der Waals surface area contributed by atoms with Crippen molar-refractivity contribution in [3.8, 4) is 0 Å². The molecule has 1 aliphatic carbocycles. The Balaban J connectivity index is 1.83. The first-order valence-corrected chi connectivity index (χ1v) is 5.85. The zero-order valence-electron chi connectivity index (χ0n) is 9.74. The Morgan fingerprint density at radius 1 is 1.24 bits per heavy atom. The van der Waals surface area contributed by atoms with Crippen LogP contribution in [0.15, 0.2) is 30.3 Å². The molecule has 0 aliphatic heterocycles. The summed E-state index contributed by atoms with van der Waals surface area (Å²) in [5, 5.41) is 17.3. The van der Waals surface area contributed by atoms with Crippen LogP contribution in [0.3, 0.4) is 0 Å². The van der Waals surface area contributed by atoms with Gasteiger partial charge in [-0.1, -0.05) is 30.3 Å². The number of rotatable bonds is 3. The van der Waals surface area contributed by atoms with Crippen LogP contribution in [0.1, 0.15) is 35.5 Å². The molecule has 1 saturated carbocycles. The van der Waals surface area contributed by atoms with E-state index in [0.29, 0.717) is 17.7 Å². The van der Waals surface area contributed by atoms with Gasteiger partial charge < -0.3 is 9.67 Å². The lowest BCUT2D eigenvalue weighted by Gasteiger charge is -2.02. The fraction of sp³-hybridized carbons (Fsp3) is 0.385. The molecular weight excluding hydrogens is 214 g/mol. The molecule has 1 aromatic heterocycles. The lowest BCUT2D eigenvalue weighted by Crippen LogP contribution is -2.01. The number of hydrogen-bond acceptors (Lipinski definition) is 3. The summed E-state index contributed by atoms with van der Waals surface area (Å²) in [7, 11) is 1.92. The van der Waals surface area contributed by atoms with E-state index in [1.165, 1.54) is 5.56 Å². The third-order valence-corrected chi connectivity index (χ3v) is 3.49. The summed E-state index contributed by atoms with van der Waals surface area (Å²) in [6.45, 7) is -0.0494. The minimum Gasteiger partial charge on any atom is -0.388 e. The molecule has 2 unspecified atom stereocenters. The Bertz CT molecular complexity index is 521. The van der Waals surface area contributed by atoms with Crippen molar-refractivity contribution in [2.24, 2.45) is 7.05 Å². The third kappa shape index (κ3) is 1.74. The van der Waals surface area contributed by atoms with E-state index in [9.17, 15) is 0 Å². The van der Waals surface area contributed by atoms with Gasteiger partial charge in [0, 0.05) is 13.0 Å². The number of aromatic nitrogens is 3. The van der Waals surface area contributed by atoms with Crippen LogP contribution in [0, 0.1) is 0 Å². The summed E-state index contributed by atoms with van der Waals surface area (Å²) in [5.41, 5.74) is 1.37. The number of hydrogen-bond donors (Lipinski definition) is 1. The monoisotopic (exact) mass is 229 g/mol. The van der Waals surface area contributed by atoms with Crippen LogP contribution in [0.4, 0.5) is 0 Å². The largest absolute Gasteiger partial charge is 0.388 e. The van der Waals surface area contributed by atoms with Gasteiger partial charge in [-0.15, -0.1) is 10.2 Å². The van der Waals surface area contributed by atoms with Crippen LogP contribution in [-0.2, 0) is 13.7 Å². The van der Waals surface area contributed by atoms with Crippen molar-refractivity contribution in [2.75, 3.05) is 0 Å². The highest BCUT2D eigenvalue weighted by atomic mass is 16.3. The van der Waals surface area contributed by atoms with Crippen molar-refractivity contribution >= 4 is 0 Å². The molecule has 4 heteroatoms. The van der Waals surface area contributed by atoms with Crippen molar-refractivity contribution in [3.63, 3.8) is 0 Å². The predicted molar refractivity (Wildman–Crippen MR) is 63.5 cm³/mol. The van der Waals surface area contributed by atoms with Gasteiger partial charge in [-0.05, 0) is 17.9 Å². The van der Waals surface area contributed by atoms with Gasteiger partial charge in [0.15, 0.2) is 5.82 Å². The van der Waals surface area contributed by atoms with Gasteiger partial charge in [0.05, 0.1) is 0 Å². The molecule has 2 atom stereocenters. The van der Waals surface area contributed by atoms with Gasteiger partial charge in [0.2, 0.25) is 0 Å². The van der Waals surface area contributed by atoms with Crippen molar-refractivity contribution in [2.45, 2.75) is 24.9 Å². The zero-order valence-corrected chi connectivity index (χ0v) is 9.74. The molecule has 4 nitrogen and oxygen atoms in total. The Morgan fingerprint density at radius 2 is 2.00 bits per heavy atom. The van der Waals surface area contributed by atoms with Gasteiger partial charge in [-0.3, -0.25) is 0 Å². The topological polar surface area (TPSA) is 50.9 Å². The molecule has 3 rings (SSSR count). The van der Waals surface area contributed by atoms with Gasteiger partial charge in [-0.25, -0.2) is 0 Å². The summed E-state index contributed by atoms with van der Waals surface area (Å²) in [5.74, 6) is 2.64. The fourth-order valence-corrected chi connectivity index (χ4v) is 2.38. The molecule has 1 N–H and O–H groups in total. The van der Waals surface area contributed by atoms with Crippen molar-refractivity contribution in [1.29, 1.82) is 0 Å². The average molecular weight is 229 g/mol. The molecule has 0 spiro atoms. The number of nitrogens with zero attached hydrogens (tertiary/aromatic N) is 3. The van der Waals surface area contributed by atoms with E-state index in [-0.39, 0.29) is 6.61 Å². The van der Waals surface area contributed by atoms with E-state index in [0.717, 1.165) is 12.2 Å². The SMILES string of the molecule is Cn1c(CO)nnc1C1CC1c1ccccc1. The highest BCUT2D eigenvalue weighted by Gasteiger charge is 2.42. The van der Waals surface area contributed by atoms with E-state index in [2.05, 4.69) is 34.5 Å². The second kappa shape index (κ2) is 3.96. The van der Waals surface area contributed by atoms with Crippen LogP contribution in [0.25, 0.3) is 0 Å². The first kappa shape index (κ1) is 10.5. The maximum atomic E-state index is 9.09. The highest BCUT2D eigenvalue weighted by Crippen LogP contribution is 2.53. The molecule has 0 saturated heterocycles. The molecule has 1 aliphatic rings. The second-order valence-electron chi connectivity index (χ2n) is 4.55. The number of aliphatic hydroxyl groups excluding tert-OH is 1. The molecule has 2 aromatic rings. The van der Waals surface area contributed by atoms with Crippen molar-refractivity contribution in [1.82, 2.24) is 14.8 Å². The summed E-state index contributed by atoms with van der Waals surface area (Å²) in [6.07, 6.45) is 1.13. The van der Waals surface area contributed by atoms with Crippen LogP contribution < -0.4 is 0 Å². The van der Waals surface area contributed by atoms with Gasteiger partial charge in [-0.2, -0.15) is 0 Å². The summed E-state index contributed by atoms with van der Waals surface area (Å²) in [6, 6.07) is 10.5. The molecule has 1 aromatic carbocycles. The maximum absolute atomic E-state index is 9.09. The normalized spacial score (nSPS) is 22.7. The smallest absolute Gasteiger partial charge is 0.158 e. The lowest BCUT2D eigenvalue weighted by atomic mass is 10.1. The quantitative estimate of drug-likeness (QED) is 0.869. The predicted octanol–water partition coefficient (Wildman–Crippen LogP) is 1.58. The summed E-state index contributed by atoms with van der Waals surface area (Å²) >= 11 is 0. The highest BCUT2D eigenvalue weighted by molar-refractivity contribution is 5.31. The lowest BCUT2D eigenvalue weighted by molar-refractivity contribution is 0.266. The van der Waals surface area contributed by atoms with Gasteiger partial charge in [0.1, 0.15) is 12.4 Å². The van der Waals surface area contributed by atoms with Crippen LogP contribution >= 0.6 is 0 Å². The van der Waals surface area contributed by atoms with Crippen LogP contribution in [0.5, 0.6) is 0 Å². The van der Waals surface area contributed by atoms with E-state index in [1.807, 2.05) is 17.7 Å². The Hall–Kier alpha value is -1.68. The van der Waals surface area contributed by atoms with E-state index in [4.69, 9.17) is 5.11 Å². The maximum Gasteiger partial charge on any atom is 0.158 e. The minimum absolute atomic E-state index is 0.0494. The number of benzene rings is 1. The van der Waals surface area contributed by atoms with Gasteiger partial charge >= 0.3 is 0 Å². The standard InChI is InChI=1S/C13H15N3O/c1-16-12(8-17)14-15-13(16)11-7-10(11)9-5-3-2-4-6-9/h2-6,10-11,17H,7-8H2,1H3. The summed E-state index contributed by atoms with van der Waals surface area (Å²) in [4.78, 5) is 0. The summed E-state index contributed by atoms with van der Waals surface area (Å²) < 4.78 is 1.91. The van der Waals surface area contributed by atoms with Crippen LogP contribution in [0.2, 0.25) is 0 Å². The Labute approximate surface area is 99.9 Å². The molecule has 17 heavy (non-hydrogen) atoms. The first-order chi connectivity index (χ1) is 8.31. The molecule has 88 valence electrons. The molecule has 0 bridgehead atoms. The van der Waals surface area contributed by atoms with Crippen molar-refractivity contribution < 1.29 is 5.11 Å². The zero-order chi connectivity index (χ0) is 11.8. The van der Waals surface area contributed by atoms with Gasteiger partial charge in [0.25, 0.3) is 0 Å². The second-order valence-corrected chi connectivity index (χ2v) is 4.55. The molecule has 1 fully saturated rings. The van der Waals surface area contributed by atoms with E-state index < -0.39 is 0 Å². The Kier molecular flexibility index (Phi) is 2.44. The third-order valence-electron chi connectivity index (χ3n) is 3.49.